The molecule has 0 radical (unpaired) electrons. The van der Waals surface area contributed by atoms with Crippen molar-refractivity contribution in [3.8, 4) is 11.3 Å². The maximum absolute atomic E-state index is 12.6. The molecule has 8 nitrogen and oxygen atoms in total. The molecule has 0 amide bonds. The number of nitrogens with one attached hydrogen (secondary N) is 2. The van der Waals surface area contributed by atoms with Gasteiger partial charge in [0.2, 0.25) is 0 Å². The first kappa shape index (κ1) is 15.4. The molecule has 27 heavy (non-hydrogen) atoms. The van der Waals surface area contributed by atoms with E-state index in [4.69, 9.17) is 0 Å². The molecule has 0 fully saturated rings. The Morgan fingerprint density at radius 3 is 2.59 bits per heavy atom. The van der Waals surface area contributed by atoms with Gasteiger partial charge in [-0.3, -0.25) is 9.48 Å². The molecule has 0 aromatic carbocycles. The maximum atomic E-state index is 12.6. The molecule has 0 unspecified atom stereocenters. The second kappa shape index (κ2) is 6.17. The quantitative estimate of drug-likeness (QED) is 0.471. The Labute approximate surface area is 153 Å². The SMILES string of the molecule is O=C(CCn1cc(-c2c[nH]c3ncccc23)nn1)c1c[nH]c2ncccc12. The molecule has 0 aliphatic heterocycles. The van der Waals surface area contributed by atoms with Crippen LogP contribution in [0.15, 0.2) is 55.2 Å². The highest BCUT2D eigenvalue weighted by molar-refractivity contribution is 6.07. The number of pyridine rings is 2. The summed E-state index contributed by atoms with van der Waals surface area (Å²) in [5, 5.41) is 10.2. The number of hydrogen-bond acceptors (Lipinski definition) is 5. The van der Waals surface area contributed by atoms with Crippen molar-refractivity contribution in [1.29, 1.82) is 0 Å². The lowest BCUT2D eigenvalue weighted by atomic mass is 10.1. The number of aromatic nitrogens is 7. The number of hydrogen-bond donors (Lipinski definition) is 2. The van der Waals surface area contributed by atoms with Crippen LogP contribution in [0.5, 0.6) is 0 Å². The summed E-state index contributed by atoms with van der Waals surface area (Å²) in [6, 6.07) is 7.60. The summed E-state index contributed by atoms with van der Waals surface area (Å²) < 4.78 is 1.69. The molecular formula is C19H15N7O. The third-order valence-corrected chi connectivity index (χ3v) is 4.59. The molecule has 0 bridgehead atoms. The van der Waals surface area contributed by atoms with Crippen LogP contribution in [0.3, 0.4) is 0 Å². The Morgan fingerprint density at radius 2 is 1.74 bits per heavy atom. The van der Waals surface area contributed by atoms with Crippen LogP contribution in [0.1, 0.15) is 16.8 Å². The van der Waals surface area contributed by atoms with E-state index in [0.29, 0.717) is 18.5 Å². The van der Waals surface area contributed by atoms with E-state index < -0.39 is 0 Å². The number of carbonyl (C=O) groups is 1. The molecule has 5 heterocycles. The number of carbonyl (C=O) groups excluding carboxylic acids is 1. The summed E-state index contributed by atoms with van der Waals surface area (Å²) in [7, 11) is 0. The number of aryl methyl sites for hydroxylation is 1. The van der Waals surface area contributed by atoms with Gasteiger partial charge in [-0.05, 0) is 24.3 Å². The van der Waals surface area contributed by atoms with Crippen LogP contribution in [-0.4, -0.2) is 40.7 Å². The topological polar surface area (TPSA) is 105 Å². The van der Waals surface area contributed by atoms with Crippen molar-refractivity contribution in [2.45, 2.75) is 13.0 Å². The van der Waals surface area contributed by atoms with Crippen LogP contribution in [0, 0.1) is 0 Å². The molecule has 8 heteroatoms. The lowest BCUT2D eigenvalue weighted by molar-refractivity contribution is 0.0977. The second-order valence-electron chi connectivity index (χ2n) is 6.24. The van der Waals surface area contributed by atoms with Crippen molar-refractivity contribution in [2.75, 3.05) is 0 Å². The molecule has 2 N–H and O–H groups in total. The summed E-state index contributed by atoms with van der Waals surface area (Å²) in [5.41, 5.74) is 3.87. The summed E-state index contributed by atoms with van der Waals surface area (Å²) in [6.07, 6.45) is 9.21. The van der Waals surface area contributed by atoms with Gasteiger partial charge in [-0.1, -0.05) is 5.21 Å². The summed E-state index contributed by atoms with van der Waals surface area (Å²) in [4.78, 5) is 27.2. The van der Waals surface area contributed by atoms with E-state index >= 15 is 0 Å². The molecule has 0 aliphatic carbocycles. The first-order valence-corrected chi connectivity index (χ1v) is 8.57. The maximum Gasteiger partial charge on any atom is 0.166 e. The van der Waals surface area contributed by atoms with E-state index in [9.17, 15) is 4.79 Å². The number of rotatable bonds is 5. The van der Waals surface area contributed by atoms with Crippen LogP contribution < -0.4 is 0 Å². The van der Waals surface area contributed by atoms with Gasteiger partial charge in [0.1, 0.15) is 17.0 Å². The van der Waals surface area contributed by atoms with E-state index in [2.05, 4.69) is 30.2 Å². The van der Waals surface area contributed by atoms with Crippen molar-refractivity contribution >= 4 is 27.9 Å². The third-order valence-electron chi connectivity index (χ3n) is 4.59. The van der Waals surface area contributed by atoms with Gasteiger partial charge >= 0.3 is 0 Å². The number of H-pyrrole nitrogens is 2. The average Bonchev–Trinajstić information content (AvgIpc) is 3.43. The number of Topliss-reactive ketones (excluding diaryl/α,β-unsaturated/α-hetero) is 1. The van der Waals surface area contributed by atoms with Crippen LogP contribution in [-0.2, 0) is 6.54 Å². The largest absolute Gasteiger partial charge is 0.345 e. The van der Waals surface area contributed by atoms with Crippen molar-refractivity contribution < 1.29 is 4.79 Å². The van der Waals surface area contributed by atoms with Crippen molar-refractivity contribution in [3.63, 3.8) is 0 Å². The molecule has 0 saturated heterocycles. The molecule has 5 aromatic rings. The summed E-state index contributed by atoms with van der Waals surface area (Å²) >= 11 is 0. The molecule has 0 saturated carbocycles. The first-order valence-electron chi connectivity index (χ1n) is 8.57. The summed E-state index contributed by atoms with van der Waals surface area (Å²) in [5.74, 6) is 0.0441. The minimum Gasteiger partial charge on any atom is -0.345 e. The van der Waals surface area contributed by atoms with Crippen LogP contribution in [0.2, 0.25) is 0 Å². The van der Waals surface area contributed by atoms with Gasteiger partial charge in [0.25, 0.3) is 0 Å². The third kappa shape index (κ3) is 2.67. The smallest absolute Gasteiger partial charge is 0.166 e. The fraction of sp³-hybridized carbons (Fsp3) is 0.105. The second-order valence-corrected chi connectivity index (χ2v) is 6.24. The zero-order chi connectivity index (χ0) is 18.2. The standard InChI is InChI=1S/C19H15N7O/c27-17(15-10-23-19-13(15)4-2-7-21-19)5-8-26-11-16(24-25-26)14-9-22-18-12(14)3-1-6-20-18/h1-4,6-7,9-11H,5,8H2,(H,20,22)(H,21,23). The van der Waals surface area contributed by atoms with Crippen LogP contribution in [0.4, 0.5) is 0 Å². The van der Waals surface area contributed by atoms with Crippen molar-refractivity contribution in [2.24, 2.45) is 0 Å². The average molecular weight is 357 g/mol. The Bertz CT molecular complexity index is 1260. The highest BCUT2D eigenvalue weighted by atomic mass is 16.1. The molecule has 0 spiro atoms. The molecule has 5 aromatic heterocycles. The van der Waals surface area contributed by atoms with E-state index in [-0.39, 0.29) is 5.78 Å². The predicted octanol–water partition coefficient (Wildman–Crippen LogP) is 2.97. The number of aromatic amines is 2. The zero-order valence-corrected chi connectivity index (χ0v) is 14.3. The van der Waals surface area contributed by atoms with Gasteiger partial charge in [0, 0.05) is 59.7 Å². The van der Waals surface area contributed by atoms with Gasteiger partial charge in [-0.2, -0.15) is 0 Å². The van der Waals surface area contributed by atoms with Crippen LogP contribution >= 0.6 is 0 Å². The van der Waals surface area contributed by atoms with Gasteiger partial charge in [-0.25, -0.2) is 9.97 Å². The first-order chi connectivity index (χ1) is 13.3. The summed E-state index contributed by atoms with van der Waals surface area (Å²) in [6.45, 7) is 0.458. The van der Waals surface area contributed by atoms with Gasteiger partial charge in [0.15, 0.2) is 5.78 Å². The lowest BCUT2D eigenvalue weighted by Crippen LogP contribution is -2.06. The monoisotopic (exact) mass is 357 g/mol. The Balaban J connectivity index is 1.34. The normalized spacial score (nSPS) is 11.4. The molecule has 0 atom stereocenters. The zero-order valence-electron chi connectivity index (χ0n) is 14.3. The molecule has 132 valence electrons. The number of fused-ring (bicyclic) bond motifs is 2. The van der Waals surface area contributed by atoms with Crippen molar-refractivity contribution in [1.82, 2.24) is 34.9 Å². The van der Waals surface area contributed by atoms with Crippen LogP contribution in [0.25, 0.3) is 33.3 Å². The van der Waals surface area contributed by atoms with Gasteiger partial charge < -0.3 is 9.97 Å². The fourth-order valence-electron chi connectivity index (χ4n) is 3.24. The molecular weight excluding hydrogens is 342 g/mol. The number of ketones is 1. The molecule has 5 rings (SSSR count). The van der Waals surface area contributed by atoms with Gasteiger partial charge in [-0.15, -0.1) is 5.10 Å². The highest BCUT2D eigenvalue weighted by Gasteiger charge is 2.14. The van der Waals surface area contributed by atoms with Crippen molar-refractivity contribution in [3.05, 3.63) is 60.8 Å². The Hall–Kier alpha value is -3.81. The van der Waals surface area contributed by atoms with Gasteiger partial charge in [0.05, 0.1) is 6.20 Å². The molecule has 0 aliphatic rings. The minimum absolute atomic E-state index is 0.0441. The Morgan fingerprint density at radius 1 is 1.00 bits per heavy atom. The number of nitrogens with zero attached hydrogens (tertiary/aromatic N) is 5. The lowest BCUT2D eigenvalue weighted by Gasteiger charge is -2.00. The fourth-order valence-corrected chi connectivity index (χ4v) is 3.24. The minimum atomic E-state index is 0.0441. The predicted molar refractivity (Wildman–Crippen MR) is 100 cm³/mol. The Kier molecular flexibility index (Phi) is 3.53. The van der Waals surface area contributed by atoms with E-state index in [1.165, 1.54) is 0 Å². The van der Waals surface area contributed by atoms with E-state index in [1.54, 1.807) is 23.3 Å². The van der Waals surface area contributed by atoms with E-state index in [1.807, 2.05) is 36.7 Å². The highest BCUT2D eigenvalue weighted by Crippen LogP contribution is 2.25. The van der Waals surface area contributed by atoms with E-state index in [0.717, 1.165) is 33.3 Å².